The van der Waals surface area contributed by atoms with E-state index in [0.717, 1.165) is 39.0 Å². The molecule has 0 atom stereocenters. The highest BCUT2D eigenvalue weighted by Crippen LogP contribution is 2.47. The highest BCUT2D eigenvalue weighted by Gasteiger charge is 2.20. The molecular formula is C51H34N2. The third-order valence-corrected chi connectivity index (χ3v) is 10.9. The Morgan fingerprint density at radius 3 is 1.81 bits per heavy atom. The normalized spacial score (nSPS) is 11.5. The van der Waals surface area contributed by atoms with E-state index in [-0.39, 0.29) is 0 Å². The lowest BCUT2D eigenvalue weighted by molar-refractivity contribution is 1.11. The van der Waals surface area contributed by atoms with Gasteiger partial charge in [-0.3, -0.25) is 0 Å². The van der Waals surface area contributed by atoms with Crippen molar-refractivity contribution in [1.82, 2.24) is 4.57 Å². The van der Waals surface area contributed by atoms with E-state index in [4.69, 9.17) is 5.41 Å². The maximum absolute atomic E-state index is 8.46. The van der Waals surface area contributed by atoms with Crippen molar-refractivity contribution in [1.29, 1.82) is 5.41 Å². The molecule has 1 aromatic heterocycles. The van der Waals surface area contributed by atoms with Crippen LogP contribution in [0.5, 0.6) is 0 Å². The summed E-state index contributed by atoms with van der Waals surface area (Å²) in [6.45, 7) is 4.15. The molecule has 0 aliphatic carbocycles. The SMILES string of the molecule is C=Cc1c(C=N)c2cc(-c3ccc4c(-c5ccc6ccccc6c5)c5ccccc5c(-c5cccc6ccccc56)c4c3)ccc2n1-c1ccccc1. The third kappa shape index (κ3) is 4.84. The van der Waals surface area contributed by atoms with Crippen molar-refractivity contribution in [3.05, 3.63) is 194 Å². The van der Waals surface area contributed by atoms with Gasteiger partial charge in [0.2, 0.25) is 0 Å². The van der Waals surface area contributed by atoms with Crippen LogP contribution in [-0.4, -0.2) is 10.8 Å². The van der Waals surface area contributed by atoms with E-state index in [1.54, 1.807) is 0 Å². The van der Waals surface area contributed by atoms with Crippen molar-refractivity contribution in [3.63, 3.8) is 0 Å². The third-order valence-electron chi connectivity index (χ3n) is 10.9. The van der Waals surface area contributed by atoms with Gasteiger partial charge in [0, 0.05) is 22.9 Å². The molecular weight excluding hydrogens is 641 g/mol. The van der Waals surface area contributed by atoms with Crippen LogP contribution in [0.15, 0.2) is 183 Å². The molecule has 1 N–H and O–H groups in total. The zero-order valence-electron chi connectivity index (χ0n) is 29.1. The fourth-order valence-electron chi connectivity index (χ4n) is 8.47. The van der Waals surface area contributed by atoms with Gasteiger partial charge in [0.1, 0.15) is 0 Å². The maximum Gasteiger partial charge on any atom is 0.0550 e. The van der Waals surface area contributed by atoms with Gasteiger partial charge in [0.15, 0.2) is 0 Å². The number of fused-ring (bicyclic) bond motifs is 5. The van der Waals surface area contributed by atoms with Gasteiger partial charge in [-0.2, -0.15) is 0 Å². The minimum absolute atomic E-state index is 0.863. The number of nitrogens with zero attached hydrogens (tertiary/aromatic N) is 1. The quantitative estimate of drug-likeness (QED) is 0.134. The number of hydrogen-bond donors (Lipinski definition) is 1. The molecule has 53 heavy (non-hydrogen) atoms. The molecule has 0 aliphatic heterocycles. The van der Waals surface area contributed by atoms with Crippen molar-refractivity contribution in [2.24, 2.45) is 0 Å². The van der Waals surface area contributed by atoms with Crippen LogP contribution in [0.2, 0.25) is 0 Å². The summed E-state index contributed by atoms with van der Waals surface area (Å²) in [5.74, 6) is 0. The first-order chi connectivity index (χ1) is 26.2. The van der Waals surface area contributed by atoms with Gasteiger partial charge in [-0.25, -0.2) is 0 Å². The van der Waals surface area contributed by atoms with Gasteiger partial charge < -0.3 is 9.98 Å². The largest absolute Gasteiger partial charge is 0.309 e. The molecule has 0 radical (unpaired) electrons. The molecule has 9 aromatic carbocycles. The summed E-state index contributed by atoms with van der Waals surface area (Å²) in [6, 6.07) is 63.6. The zero-order valence-corrected chi connectivity index (χ0v) is 29.1. The highest BCUT2D eigenvalue weighted by molar-refractivity contribution is 6.24. The van der Waals surface area contributed by atoms with Gasteiger partial charge >= 0.3 is 0 Å². The van der Waals surface area contributed by atoms with Gasteiger partial charge in [-0.1, -0.05) is 146 Å². The van der Waals surface area contributed by atoms with Crippen LogP contribution < -0.4 is 0 Å². The molecule has 0 spiro atoms. The topological polar surface area (TPSA) is 28.8 Å². The highest BCUT2D eigenvalue weighted by atomic mass is 15.0. The zero-order chi connectivity index (χ0) is 35.5. The lowest BCUT2D eigenvalue weighted by Crippen LogP contribution is -1.97. The molecule has 2 heteroatoms. The molecule has 0 unspecified atom stereocenters. The summed E-state index contributed by atoms with van der Waals surface area (Å²) in [5, 5.41) is 19.3. The van der Waals surface area contributed by atoms with Crippen molar-refractivity contribution >= 4 is 66.3 Å². The monoisotopic (exact) mass is 674 g/mol. The Bertz CT molecular complexity index is 3090. The van der Waals surface area contributed by atoms with E-state index in [2.05, 4.69) is 169 Å². The minimum atomic E-state index is 0.863. The Balaban J connectivity index is 1.29. The van der Waals surface area contributed by atoms with Crippen molar-refractivity contribution in [3.8, 4) is 39.1 Å². The van der Waals surface area contributed by atoms with Crippen LogP contribution in [-0.2, 0) is 0 Å². The van der Waals surface area contributed by atoms with Gasteiger partial charge in [-0.05, 0) is 119 Å². The Kier molecular flexibility index (Phi) is 7.16. The van der Waals surface area contributed by atoms with Crippen molar-refractivity contribution in [2.75, 3.05) is 0 Å². The van der Waals surface area contributed by atoms with Crippen LogP contribution in [0.1, 0.15) is 11.3 Å². The summed E-state index contributed by atoms with van der Waals surface area (Å²) in [7, 11) is 0. The fraction of sp³-hybridized carbons (Fsp3) is 0. The molecule has 0 saturated heterocycles. The van der Waals surface area contributed by atoms with E-state index in [1.807, 2.05) is 24.3 Å². The summed E-state index contributed by atoms with van der Waals surface area (Å²) < 4.78 is 2.20. The molecule has 248 valence electrons. The van der Waals surface area contributed by atoms with Crippen molar-refractivity contribution in [2.45, 2.75) is 0 Å². The number of rotatable bonds is 6. The van der Waals surface area contributed by atoms with Crippen LogP contribution in [0.3, 0.4) is 0 Å². The van der Waals surface area contributed by atoms with Gasteiger partial charge in [0.05, 0.1) is 11.2 Å². The van der Waals surface area contributed by atoms with Crippen LogP contribution in [0.4, 0.5) is 0 Å². The number of benzene rings is 9. The minimum Gasteiger partial charge on any atom is -0.309 e. The van der Waals surface area contributed by atoms with E-state index >= 15 is 0 Å². The fourth-order valence-corrected chi connectivity index (χ4v) is 8.47. The number of hydrogen-bond acceptors (Lipinski definition) is 1. The predicted molar refractivity (Wildman–Crippen MR) is 228 cm³/mol. The Hall–Kier alpha value is -7.03. The molecule has 2 nitrogen and oxygen atoms in total. The summed E-state index contributed by atoms with van der Waals surface area (Å²) in [4.78, 5) is 0. The average molecular weight is 675 g/mol. The Morgan fingerprint density at radius 1 is 0.434 bits per heavy atom. The van der Waals surface area contributed by atoms with Gasteiger partial charge in [0.25, 0.3) is 0 Å². The molecule has 10 aromatic rings. The Labute approximate surface area is 308 Å². The lowest BCUT2D eigenvalue weighted by Gasteiger charge is -2.20. The van der Waals surface area contributed by atoms with E-state index in [9.17, 15) is 0 Å². The average Bonchev–Trinajstić information content (AvgIpc) is 3.55. The second-order valence-corrected chi connectivity index (χ2v) is 13.7. The van der Waals surface area contributed by atoms with Crippen molar-refractivity contribution < 1.29 is 0 Å². The first-order valence-electron chi connectivity index (χ1n) is 18.0. The smallest absolute Gasteiger partial charge is 0.0550 e. The molecule has 0 saturated carbocycles. The van der Waals surface area contributed by atoms with E-state index in [0.29, 0.717) is 0 Å². The molecule has 0 bridgehead atoms. The summed E-state index contributed by atoms with van der Waals surface area (Å²) in [5.41, 5.74) is 11.0. The van der Waals surface area contributed by atoms with Gasteiger partial charge in [-0.15, -0.1) is 0 Å². The standard InChI is InChI=1S/C51H34N2/c1-2-48-47(32-52)45-30-37(26-28-49(45)53(48)39-17-4-3-5-18-39)36-25-27-44-46(31-36)51(41-22-12-16-34-14-8-9-19-40(34)41)43-21-11-10-20-42(43)50(44)38-24-23-33-13-6-7-15-35(33)29-38/h2-32,52H,1H2. The first-order valence-corrected chi connectivity index (χ1v) is 18.0. The summed E-state index contributed by atoms with van der Waals surface area (Å²) in [6.07, 6.45) is 3.32. The predicted octanol–water partition coefficient (Wildman–Crippen LogP) is 13.9. The maximum atomic E-state index is 8.46. The van der Waals surface area contributed by atoms with E-state index < -0.39 is 0 Å². The number of nitrogens with one attached hydrogen (secondary N) is 1. The Morgan fingerprint density at radius 2 is 1.04 bits per heavy atom. The summed E-state index contributed by atoms with van der Waals surface area (Å²) >= 11 is 0. The second kappa shape index (κ2) is 12.3. The molecule has 10 rings (SSSR count). The number of para-hydroxylation sites is 1. The lowest BCUT2D eigenvalue weighted by atomic mass is 9.83. The molecule has 0 fully saturated rings. The second-order valence-electron chi connectivity index (χ2n) is 13.7. The van der Waals surface area contributed by atoms with E-state index in [1.165, 1.54) is 71.6 Å². The molecule has 1 heterocycles. The van der Waals surface area contributed by atoms with Crippen LogP contribution in [0.25, 0.3) is 99.1 Å². The van der Waals surface area contributed by atoms with Crippen LogP contribution in [0, 0.1) is 5.41 Å². The number of aromatic nitrogens is 1. The first kappa shape index (κ1) is 30.8. The van der Waals surface area contributed by atoms with Crippen LogP contribution >= 0.6 is 0 Å². The molecule has 0 amide bonds. The molecule has 0 aliphatic rings.